The van der Waals surface area contributed by atoms with Crippen molar-refractivity contribution in [1.82, 2.24) is 10.5 Å². The standard InChI is InChI=1S/C19H24N2O3/c1-4-12(5-2)11-20-19(22)17-15-9-7-13-6-8-14(23-3)10-16(13)18(15)24-21-17/h6,8,10,12H,4-5,7,9,11H2,1-3H3,(H,20,22). The first-order valence-electron chi connectivity index (χ1n) is 8.61. The summed E-state index contributed by atoms with van der Waals surface area (Å²) in [4.78, 5) is 12.5. The number of carbonyl (C=O) groups excluding carboxylic acids is 1. The fourth-order valence-corrected chi connectivity index (χ4v) is 3.20. The molecule has 0 radical (unpaired) electrons. The summed E-state index contributed by atoms with van der Waals surface area (Å²) >= 11 is 0. The summed E-state index contributed by atoms with van der Waals surface area (Å²) in [6.07, 6.45) is 3.76. The van der Waals surface area contributed by atoms with Crippen molar-refractivity contribution >= 4 is 5.91 Å². The number of amides is 1. The monoisotopic (exact) mass is 328 g/mol. The number of aryl methyl sites for hydroxylation is 1. The van der Waals surface area contributed by atoms with Gasteiger partial charge in [0.25, 0.3) is 5.91 Å². The molecule has 0 saturated carbocycles. The topological polar surface area (TPSA) is 64.4 Å². The number of fused-ring (bicyclic) bond motifs is 3. The Balaban J connectivity index is 1.84. The number of benzene rings is 1. The highest BCUT2D eigenvalue weighted by Gasteiger charge is 2.28. The summed E-state index contributed by atoms with van der Waals surface area (Å²) in [5, 5.41) is 7.05. The van der Waals surface area contributed by atoms with Crippen molar-refractivity contribution in [3.8, 4) is 17.1 Å². The molecule has 1 aromatic carbocycles. The van der Waals surface area contributed by atoms with Gasteiger partial charge in [0.05, 0.1) is 7.11 Å². The third kappa shape index (κ3) is 3.03. The normalized spacial score (nSPS) is 12.7. The van der Waals surface area contributed by atoms with E-state index >= 15 is 0 Å². The van der Waals surface area contributed by atoms with E-state index in [-0.39, 0.29) is 5.91 Å². The van der Waals surface area contributed by atoms with Crippen molar-refractivity contribution in [2.75, 3.05) is 13.7 Å². The molecule has 24 heavy (non-hydrogen) atoms. The first-order valence-corrected chi connectivity index (χ1v) is 8.61. The first-order chi connectivity index (χ1) is 11.7. The molecular formula is C19H24N2O3. The van der Waals surface area contributed by atoms with Gasteiger partial charge in [0, 0.05) is 17.7 Å². The summed E-state index contributed by atoms with van der Waals surface area (Å²) in [5.74, 6) is 1.83. The third-order valence-electron chi connectivity index (χ3n) is 4.92. The molecule has 1 aromatic heterocycles. The Bertz CT molecular complexity index is 732. The van der Waals surface area contributed by atoms with Crippen LogP contribution in [0, 0.1) is 5.92 Å². The predicted octanol–water partition coefficient (Wildman–Crippen LogP) is 3.61. The molecule has 0 saturated heterocycles. The second-order valence-corrected chi connectivity index (χ2v) is 6.25. The number of hydrogen-bond donors (Lipinski definition) is 1. The Kier molecular flexibility index (Phi) is 4.88. The average molecular weight is 328 g/mol. The number of carbonyl (C=O) groups is 1. The lowest BCUT2D eigenvalue weighted by molar-refractivity contribution is 0.0936. The predicted molar refractivity (Wildman–Crippen MR) is 92.3 cm³/mol. The molecular weight excluding hydrogens is 304 g/mol. The smallest absolute Gasteiger partial charge is 0.273 e. The van der Waals surface area contributed by atoms with Crippen molar-refractivity contribution < 1.29 is 14.1 Å². The second-order valence-electron chi connectivity index (χ2n) is 6.25. The van der Waals surface area contributed by atoms with Gasteiger partial charge in [0.2, 0.25) is 0 Å². The highest BCUT2D eigenvalue weighted by atomic mass is 16.5. The van der Waals surface area contributed by atoms with E-state index in [0.29, 0.717) is 23.9 Å². The molecule has 0 bridgehead atoms. The number of ether oxygens (including phenoxy) is 1. The van der Waals surface area contributed by atoms with Gasteiger partial charge in [0.1, 0.15) is 5.75 Å². The van der Waals surface area contributed by atoms with Gasteiger partial charge in [-0.3, -0.25) is 4.79 Å². The molecule has 128 valence electrons. The summed E-state index contributed by atoms with van der Waals surface area (Å²) in [5.41, 5.74) is 3.49. The zero-order valence-electron chi connectivity index (χ0n) is 14.5. The Morgan fingerprint density at radius 3 is 2.83 bits per heavy atom. The van der Waals surface area contributed by atoms with Crippen molar-refractivity contribution in [2.24, 2.45) is 5.92 Å². The van der Waals surface area contributed by atoms with Gasteiger partial charge in [-0.25, -0.2) is 0 Å². The van der Waals surface area contributed by atoms with E-state index in [0.717, 1.165) is 42.6 Å². The summed E-state index contributed by atoms with van der Waals surface area (Å²) in [6, 6.07) is 5.94. The van der Waals surface area contributed by atoms with Gasteiger partial charge in [-0.05, 0) is 36.5 Å². The maximum Gasteiger partial charge on any atom is 0.273 e. The largest absolute Gasteiger partial charge is 0.497 e. The quantitative estimate of drug-likeness (QED) is 0.880. The van der Waals surface area contributed by atoms with Gasteiger partial charge in [-0.2, -0.15) is 0 Å². The van der Waals surface area contributed by atoms with Gasteiger partial charge < -0.3 is 14.6 Å². The number of aromatic nitrogens is 1. The summed E-state index contributed by atoms with van der Waals surface area (Å²) in [7, 11) is 1.64. The van der Waals surface area contributed by atoms with E-state index in [4.69, 9.17) is 9.26 Å². The van der Waals surface area contributed by atoms with Crippen LogP contribution < -0.4 is 10.1 Å². The Morgan fingerprint density at radius 1 is 1.33 bits per heavy atom. The Hall–Kier alpha value is -2.30. The van der Waals surface area contributed by atoms with E-state index in [1.807, 2.05) is 18.2 Å². The van der Waals surface area contributed by atoms with Crippen LogP contribution in [0.15, 0.2) is 22.7 Å². The highest BCUT2D eigenvalue weighted by molar-refractivity contribution is 5.95. The first kappa shape index (κ1) is 16.6. The average Bonchev–Trinajstić information content (AvgIpc) is 3.06. The third-order valence-corrected chi connectivity index (χ3v) is 4.92. The lowest BCUT2D eigenvalue weighted by Gasteiger charge is -2.16. The number of nitrogens with zero attached hydrogens (tertiary/aromatic N) is 1. The molecule has 0 aliphatic heterocycles. The molecule has 0 spiro atoms. The summed E-state index contributed by atoms with van der Waals surface area (Å²) < 4.78 is 10.8. The van der Waals surface area contributed by atoms with Gasteiger partial charge in [-0.15, -0.1) is 0 Å². The van der Waals surface area contributed by atoms with Crippen molar-refractivity contribution in [2.45, 2.75) is 39.5 Å². The molecule has 3 rings (SSSR count). The molecule has 1 amide bonds. The summed E-state index contributed by atoms with van der Waals surface area (Å²) in [6.45, 7) is 4.96. The number of methoxy groups -OCH3 is 1. The minimum absolute atomic E-state index is 0.141. The maximum atomic E-state index is 12.5. The lowest BCUT2D eigenvalue weighted by Crippen LogP contribution is -2.30. The number of hydrogen-bond acceptors (Lipinski definition) is 4. The van der Waals surface area contributed by atoms with E-state index in [1.54, 1.807) is 7.11 Å². The Morgan fingerprint density at radius 2 is 2.12 bits per heavy atom. The van der Waals surface area contributed by atoms with Crippen LogP contribution in [0.1, 0.15) is 48.3 Å². The van der Waals surface area contributed by atoms with Crippen LogP contribution in [-0.4, -0.2) is 24.7 Å². The van der Waals surface area contributed by atoms with Crippen LogP contribution >= 0.6 is 0 Å². The van der Waals surface area contributed by atoms with Crippen LogP contribution in [0.4, 0.5) is 0 Å². The SMILES string of the molecule is CCC(CC)CNC(=O)c1noc2c1CCc1ccc(OC)cc1-2. The van der Waals surface area contributed by atoms with E-state index in [9.17, 15) is 4.79 Å². The zero-order chi connectivity index (χ0) is 17.1. The van der Waals surface area contributed by atoms with Gasteiger partial charge in [0.15, 0.2) is 11.5 Å². The van der Waals surface area contributed by atoms with Crippen LogP contribution in [0.2, 0.25) is 0 Å². The van der Waals surface area contributed by atoms with Crippen LogP contribution in [0.5, 0.6) is 5.75 Å². The molecule has 1 aliphatic carbocycles. The Labute approximate surface area is 142 Å². The van der Waals surface area contributed by atoms with E-state index in [2.05, 4.69) is 24.3 Å². The number of nitrogens with one attached hydrogen (secondary N) is 1. The van der Waals surface area contributed by atoms with Gasteiger partial charge >= 0.3 is 0 Å². The lowest BCUT2D eigenvalue weighted by atomic mass is 9.89. The van der Waals surface area contributed by atoms with E-state index in [1.165, 1.54) is 5.56 Å². The van der Waals surface area contributed by atoms with E-state index < -0.39 is 0 Å². The molecule has 5 nitrogen and oxygen atoms in total. The molecule has 2 aromatic rings. The van der Waals surface area contributed by atoms with Crippen molar-refractivity contribution in [1.29, 1.82) is 0 Å². The fourth-order valence-electron chi connectivity index (χ4n) is 3.20. The number of rotatable bonds is 6. The molecule has 1 N–H and O–H groups in total. The van der Waals surface area contributed by atoms with Crippen molar-refractivity contribution in [3.05, 3.63) is 35.0 Å². The highest BCUT2D eigenvalue weighted by Crippen LogP contribution is 2.37. The van der Waals surface area contributed by atoms with Crippen LogP contribution in [0.3, 0.4) is 0 Å². The fraction of sp³-hybridized carbons (Fsp3) is 0.474. The minimum Gasteiger partial charge on any atom is -0.497 e. The molecule has 0 fully saturated rings. The second kappa shape index (κ2) is 7.07. The minimum atomic E-state index is -0.141. The molecule has 0 unspecified atom stereocenters. The van der Waals surface area contributed by atoms with Crippen LogP contribution in [-0.2, 0) is 12.8 Å². The van der Waals surface area contributed by atoms with Crippen molar-refractivity contribution in [3.63, 3.8) is 0 Å². The molecule has 1 aliphatic rings. The maximum absolute atomic E-state index is 12.5. The zero-order valence-corrected chi connectivity index (χ0v) is 14.5. The van der Waals surface area contributed by atoms with Gasteiger partial charge in [-0.1, -0.05) is 37.9 Å². The van der Waals surface area contributed by atoms with Crippen LogP contribution in [0.25, 0.3) is 11.3 Å². The molecule has 0 atom stereocenters. The molecule has 5 heteroatoms. The molecule has 1 heterocycles.